The number of ether oxygens (including phenoxy) is 1. The van der Waals surface area contributed by atoms with E-state index in [-0.39, 0.29) is 11.9 Å². The van der Waals surface area contributed by atoms with E-state index in [1.807, 2.05) is 6.92 Å². The zero-order valence-electron chi connectivity index (χ0n) is 10.3. The molecule has 1 saturated heterocycles. The van der Waals surface area contributed by atoms with Gasteiger partial charge >= 0.3 is 5.97 Å². The molecule has 0 amide bonds. The fraction of sp³-hybridized carbons (Fsp3) is 0.583. The molecule has 1 aromatic rings. The van der Waals surface area contributed by atoms with Crippen molar-refractivity contribution in [1.82, 2.24) is 9.97 Å². The molecular formula is C12H16IN3O2. The first-order chi connectivity index (χ1) is 8.70. The number of carbonyl (C=O) groups is 1. The third-order valence-electron chi connectivity index (χ3n) is 2.93. The number of hydrogen-bond acceptors (Lipinski definition) is 5. The predicted octanol–water partition coefficient (Wildman–Crippen LogP) is 1.86. The van der Waals surface area contributed by atoms with Gasteiger partial charge in [0.1, 0.15) is 0 Å². The smallest absolute Gasteiger partial charge is 0.310 e. The Balaban J connectivity index is 2.02. The molecule has 1 aliphatic rings. The monoisotopic (exact) mass is 361 g/mol. The molecule has 0 aromatic carbocycles. The summed E-state index contributed by atoms with van der Waals surface area (Å²) in [4.78, 5) is 22.4. The maximum Gasteiger partial charge on any atom is 0.310 e. The molecule has 5 nitrogen and oxygen atoms in total. The second kappa shape index (κ2) is 6.31. The number of halogens is 1. The lowest BCUT2D eigenvalue weighted by molar-refractivity contribution is -0.148. The molecular weight excluding hydrogens is 345 g/mol. The summed E-state index contributed by atoms with van der Waals surface area (Å²) in [6.07, 6.45) is 5.44. The number of rotatable bonds is 3. The van der Waals surface area contributed by atoms with Gasteiger partial charge in [0, 0.05) is 29.1 Å². The van der Waals surface area contributed by atoms with Crippen molar-refractivity contribution in [2.75, 3.05) is 24.6 Å². The van der Waals surface area contributed by atoms with Crippen molar-refractivity contribution in [2.24, 2.45) is 5.92 Å². The number of nitrogens with zero attached hydrogens (tertiary/aromatic N) is 3. The Morgan fingerprint density at radius 3 is 2.94 bits per heavy atom. The van der Waals surface area contributed by atoms with Crippen LogP contribution in [0.1, 0.15) is 19.8 Å². The molecule has 1 atom stereocenters. The van der Waals surface area contributed by atoms with E-state index < -0.39 is 0 Å². The molecule has 0 spiro atoms. The second-order valence-electron chi connectivity index (χ2n) is 4.24. The third-order valence-corrected chi connectivity index (χ3v) is 3.49. The number of piperidine rings is 1. The zero-order valence-corrected chi connectivity index (χ0v) is 12.5. The minimum Gasteiger partial charge on any atom is -0.466 e. The van der Waals surface area contributed by atoms with E-state index in [9.17, 15) is 4.79 Å². The number of esters is 1. The lowest BCUT2D eigenvalue weighted by Gasteiger charge is -2.31. The van der Waals surface area contributed by atoms with E-state index in [0.29, 0.717) is 19.1 Å². The fourth-order valence-electron chi connectivity index (χ4n) is 2.08. The Bertz CT molecular complexity index is 410. The molecule has 6 heteroatoms. The molecule has 18 heavy (non-hydrogen) atoms. The van der Waals surface area contributed by atoms with Crippen LogP contribution in [0.3, 0.4) is 0 Å². The van der Waals surface area contributed by atoms with E-state index in [1.165, 1.54) is 0 Å². The predicted molar refractivity (Wildman–Crippen MR) is 76.3 cm³/mol. The first-order valence-electron chi connectivity index (χ1n) is 6.10. The molecule has 2 heterocycles. The molecule has 98 valence electrons. The van der Waals surface area contributed by atoms with Crippen LogP contribution >= 0.6 is 22.6 Å². The molecule has 1 aromatic heterocycles. The van der Waals surface area contributed by atoms with Crippen LogP contribution in [-0.2, 0) is 9.53 Å². The summed E-state index contributed by atoms with van der Waals surface area (Å²) in [6.45, 7) is 3.83. The van der Waals surface area contributed by atoms with Crippen LogP contribution in [0.5, 0.6) is 0 Å². The second-order valence-corrected chi connectivity index (χ2v) is 5.48. The number of aromatic nitrogens is 2. The van der Waals surface area contributed by atoms with Gasteiger partial charge in [-0.05, 0) is 42.4 Å². The molecule has 1 unspecified atom stereocenters. The van der Waals surface area contributed by atoms with Gasteiger partial charge in [-0.3, -0.25) is 4.79 Å². The normalized spacial score (nSPS) is 19.7. The molecule has 1 fully saturated rings. The van der Waals surface area contributed by atoms with Crippen molar-refractivity contribution in [1.29, 1.82) is 0 Å². The van der Waals surface area contributed by atoms with Gasteiger partial charge < -0.3 is 9.64 Å². The third kappa shape index (κ3) is 3.30. The highest BCUT2D eigenvalue weighted by Crippen LogP contribution is 2.21. The van der Waals surface area contributed by atoms with Gasteiger partial charge in [-0.2, -0.15) is 0 Å². The summed E-state index contributed by atoms with van der Waals surface area (Å²) in [5.74, 6) is 0.540. The van der Waals surface area contributed by atoms with Gasteiger partial charge in [-0.15, -0.1) is 0 Å². The summed E-state index contributed by atoms with van der Waals surface area (Å²) < 4.78 is 6.09. The number of carbonyl (C=O) groups excluding carboxylic acids is 1. The average Bonchev–Trinajstić information content (AvgIpc) is 2.40. The molecule has 2 rings (SSSR count). The zero-order chi connectivity index (χ0) is 13.0. The van der Waals surface area contributed by atoms with Crippen LogP contribution in [0.25, 0.3) is 0 Å². The Labute approximate surface area is 120 Å². The van der Waals surface area contributed by atoms with Crippen LogP contribution in [0, 0.1) is 9.49 Å². The molecule has 0 saturated carbocycles. The average molecular weight is 361 g/mol. The minimum absolute atomic E-state index is 0.0541. The first-order valence-corrected chi connectivity index (χ1v) is 7.17. The fourth-order valence-corrected chi connectivity index (χ4v) is 2.36. The van der Waals surface area contributed by atoms with Gasteiger partial charge in [0.2, 0.25) is 5.95 Å². The Hall–Kier alpha value is -0.920. The van der Waals surface area contributed by atoms with E-state index in [1.54, 1.807) is 12.4 Å². The summed E-state index contributed by atoms with van der Waals surface area (Å²) in [6, 6.07) is 0. The highest BCUT2D eigenvalue weighted by atomic mass is 127. The molecule has 0 bridgehead atoms. The maximum atomic E-state index is 11.7. The van der Waals surface area contributed by atoms with E-state index in [0.717, 1.165) is 23.0 Å². The summed E-state index contributed by atoms with van der Waals surface area (Å²) in [7, 11) is 0. The molecule has 0 aliphatic carbocycles. The van der Waals surface area contributed by atoms with E-state index in [2.05, 4.69) is 37.5 Å². The van der Waals surface area contributed by atoms with E-state index >= 15 is 0 Å². The quantitative estimate of drug-likeness (QED) is 0.608. The lowest BCUT2D eigenvalue weighted by atomic mass is 9.98. The minimum atomic E-state index is -0.104. The van der Waals surface area contributed by atoms with Crippen LogP contribution in [-0.4, -0.2) is 35.6 Å². The van der Waals surface area contributed by atoms with Gasteiger partial charge in [-0.1, -0.05) is 0 Å². The van der Waals surface area contributed by atoms with Crippen LogP contribution < -0.4 is 4.90 Å². The van der Waals surface area contributed by atoms with Crippen molar-refractivity contribution in [2.45, 2.75) is 19.8 Å². The first kappa shape index (κ1) is 13.5. The van der Waals surface area contributed by atoms with Crippen LogP contribution in [0.15, 0.2) is 12.4 Å². The van der Waals surface area contributed by atoms with Crippen LogP contribution in [0.2, 0.25) is 0 Å². The van der Waals surface area contributed by atoms with Crippen molar-refractivity contribution >= 4 is 34.5 Å². The van der Waals surface area contributed by atoms with Crippen molar-refractivity contribution < 1.29 is 9.53 Å². The SMILES string of the molecule is CCOC(=O)C1CCCN(c2ncc(I)cn2)C1. The van der Waals surface area contributed by atoms with Gasteiger partial charge in [0.05, 0.1) is 12.5 Å². The van der Waals surface area contributed by atoms with Crippen LogP contribution in [0.4, 0.5) is 5.95 Å². The van der Waals surface area contributed by atoms with Crippen molar-refractivity contribution in [3.63, 3.8) is 0 Å². The highest BCUT2D eigenvalue weighted by molar-refractivity contribution is 14.1. The van der Waals surface area contributed by atoms with Crippen molar-refractivity contribution in [3.8, 4) is 0 Å². The Morgan fingerprint density at radius 2 is 2.28 bits per heavy atom. The van der Waals surface area contributed by atoms with Gasteiger partial charge in [0.15, 0.2) is 0 Å². The maximum absolute atomic E-state index is 11.7. The lowest BCUT2D eigenvalue weighted by Crippen LogP contribution is -2.40. The largest absolute Gasteiger partial charge is 0.466 e. The van der Waals surface area contributed by atoms with Crippen molar-refractivity contribution in [3.05, 3.63) is 16.0 Å². The topological polar surface area (TPSA) is 55.3 Å². The molecule has 1 aliphatic heterocycles. The standard InChI is InChI=1S/C12H16IN3O2/c1-2-18-11(17)9-4-3-5-16(8-9)12-14-6-10(13)7-15-12/h6-7,9H,2-5,8H2,1H3. The summed E-state index contributed by atoms with van der Waals surface area (Å²) in [5.41, 5.74) is 0. The van der Waals surface area contributed by atoms with E-state index in [4.69, 9.17) is 4.74 Å². The Kier molecular flexibility index (Phi) is 4.73. The summed E-state index contributed by atoms with van der Waals surface area (Å²) >= 11 is 2.18. The molecule has 0 N–H and O–H groups in total. The Morgan fingerprint density at radius 1 is 1.56 bits per heavy atom. The van der Waals surface area contributed by atoms with Gasteiger partial charge in [0.25, 0.3) is 0 Å². The number of hydrogen-bond donors (Lipinski definition) is 0. The van der Waals surface area contributed by atoms with Gasteiger partial charge in [-0.25, -0.2) is 9.97 Å². The summed E-state index contributed by atoms with van der Waals surface area (Å²) in [5, 5.41) is 0. The number of anilines is 1. The molecule has 0 radical (unpaired) electrons. The highest BCUT2D eigenvalue weighted by Gasteiger charge is 2.27.